The summed E-state index contributed by atoms with van der Waals surface area (Å²) in [5, 5.41) is 11.5. The van der Waals surface area contributed by atoms with Crippen LogP contribution in [0.3, 0.4) is 0 Å². The Bertz CT molecular complexity index is 793. The first kappa shape index (κ1) is 18.7. The molecule has 1 aromatic rings. The summed E-state index contributed by atoms with van der Waals surface area (Å²) in [7, 11) is -1.88. The van der Waals surface area contributed by atoms with Crippen LogP contribution in [0.15, 0.2) is 29.2 Å². The van der Waals surface area contributed by atoms with E-state index in [1.807, 2.05) is 11.0 Å². The molecule has 1 unspecified atom stereocenters. The van der Waals surface area contributed by atoms with Gasteiger partial charge in [0, 0.05) is 33.2 Å². The average molecular weight is 376 g/mol. The third-order valence-corrected chi connectivity index (χ3v) is 7.40. The number of carbonyl (C=O) groups excluding carboxylic acids is 1. The van der Waals surface area contributed by atoms with Gasteiger partial charge in [-0.1, -0.05) is 0 Å². The molecule has 0 saturated carbocycles. The highest BCUT2D eigenvalue weighted by Gasteiger charge is 2.37. The molecule has 0 aliphatic carbocycles. The Morgan fingerprint density at radius 1 is 1.12 bits per heavy atom. The molecule has 1 aromatic carbocycles. The molecule has 1 N–H and O–H groups in total. The molecule has 1 atom stereocenters. The van der Waals surface area contributed by atoms with Crippen molar-refractivity contribution in [3.63, 3.8) is 0 Å². The van der Waals surface area contributed by atoms with E-state index in [1.165, 1.54) is 24.3 Å². The van der Waals surface area contributed by atoms with Gasteiger partial charge in [0.2, 0.25) is 10.0 Å². The number of nitrogens with zero attached hydrogens (tertiary/aromatic N) is 3. The number of amides is 2. The third kappa shape index (κ3) is 3.69. The predicted octanol–water partition coefficient (Wildman–Crippen LogP) is 1.62. The van der Waals surface area contributed by atoms with E-state index in [0.29, 0.717) is 30.5 Å². The zero-order valence-corrected chi connectivity index (χ0v) is 15.7. The lowest BCUT2D eigenvalue weighted by atomic mass is 9.84. The molecule has 26 heavy (non-hydrogen) atoms. The number of nitrogens with one attached hydrogen (secondary N) is 1. The minimum atomic E-state index is -3.51. The molecule has 7 nitrogen and oxygen atoms in total. The van der Waals surface area contributed by atoms with Crippen molar-refractivity contribution < 1.29 is 13.2 Å². The second-order valence-electron chi connectivity index (χ2n) is 6.93. The topological polar surface area (TPSA) is 93.5 Å². The average Bonchev–Trinajstić information content (AvgIpc) is 3.18. The van der Waals surface area contributed by atoms with Crippen LogP contribution in [-0.2, 0) is 10.0 Å². The number of benzene rings is 1. The molecule has 0 bridgehead atoms. The smallest absolute Gasteiger partial charge is 0.317 e. The van der Waals surface area contributed by atoms with Crippen molar-refractivity contribution in [3.05, 3.63) is 29.8 Å². The maximum atomic E-state index is 12.8. The maximum absolute atomic E-state index is 12.8. The van der Waals surface area contributed by atoms with Crippen molar-refractivity contribution in [3.8, 4) is 6.07 Å². The SMILES string of the molecule is CNC(=O)N1CCC(C2CCN(S(=O)(=O)c3ccc(C#N)cc3)C2)CC1. The molecule has 2 saturated heterocycles. The second-order valence-corrected chi connectivity index (χ2v) is 8.87. The van der Waals surface area contributed by atoms with Gasteiger partial charge in [-0.3, -0.25) is 0 Å². The van der Waals surface area contributed by atoms with Crippen LogP contribution in [-0.4, -0.2) is 56.9 Å². The van der Waals surface area contributed by atoms with Crippen LogP contribution in [0, 0.1) is 23.2 Å². The molecule has 2 aliphatic heterocycles. The Kier molecular flexibility index (Phi) is 5.49. The summed E-state index contributed by atoms with van der Waals surface area (Å²) in [5.74, 6) is 0.798. The molecule has 2 heterocycles. The van der Waals surface area contributed by atoms with Crippen molar-refractivity contribution in [2.45, 2.75) is 24.2 Å². The van der Waals surface area contributed by atoms with Crippen molar-refractivity contribution >= 4 is 16.1 Å². The normalized spacial score (nSPS) is 22.2. The number of rotatable bonds is 3. The first-order valence-electron chi connectivity index (χ1n) is 8.92. The van der Waals surface area contributed by atoms with Crippen molar-refractivity contribution in [2.24, 2.45) is 11.8 Å². The van der Waals surface area contributed by atoms with E-state index in [-0.39, 0.29) is 10.9 Å². The summed E-state index contributed by atoms with van der Waals surface area (Å²) < 4.78 is 27.2. The Morgan fingerprint density at radius 3 is 2.31 bits per heavy atom. The number of likely N-dealkylation sites (tertiary alicyclic amines) is 1. The van der Waals surface area contributed by atoms with Crippen molar-refractivity contribution in [1.82, 2.24) is 14.5 Å². The van der Waals surface area contributed by atoms with Gasteiger partial charge in [-0.15, -0.1) is 0 Å². The zero-order valence-electron chi connectivity index (χ0n) is 14.9. The monoisotopic (exact) mass is 376 g/mol. The Hall–Kier alpha value is -2.11. The number of carbonyl (C=O) groups is 1. The summed E-state index contributed by atoms with van der Waals surface area (Å²) >= 11 is 0. The van der Waals surface area contributed by atoms with E-state index in [4.69, 9.17) is 5.26 Å². The molecule has 2 fully saturated rings. The van der Waals surface area contributed by atoms with Gasteiger partial charge in [0.1, 0.15) is 0 Å². The van der Waals surface area contributed by atoms with Crippen molar-refractivity contribution in [2.75, 3.05) is 33.2 Å². The van der Waals surface area contributed by atoms with E-state index >= 15 is 0 Å². The van der Waals surface area contributed by atoms with Crippen LogP contribution >= 0.6 is 0 Å². The molecule has 3 rings (SSSR count). The predicted molar refractivity (Wildman–Crippen MR) is 96.8 cm³/mol. The Labute approximate surface area is 154 Å². The van der Waals surface area contributed by atoms with Gasteiger partial charge in [0.05, 0.1) is 16.5 Å². The number of urea groups is 1. The van der Waals surface area contributed by atoms with Crippen LogP contribution in [0.25, 0.3) is 0 Å². The van der Waals surface area contributed by atoms with Gasteiger partial charge in [0.25, 0.3) is 0 Å². The standard InChI is InChI=1S/C18H24N4O3S/c1-20-18(23)21-9-6-15(7-10-21)16-8-11-22(13-16)26(24,25)17-4-2-14(12-19)3-5-17/h2-5,15-16H,6-11,13H2,1H3,(H,20,23). The van der Waals surface area contributed by atoms with Crippen LogP contribution in [0.1, 0.15) is 24.8 Å². The summed E-state index contributed by atoms with van der Waals surface area (Å²) in [6, 6.07) is 8.04. The summed E-state index contributed by atoms with van der Waals surface area (Å²) in [5.41, 5.74) is 0.450. The summed E-state index contributed by atoms with van der Waals surface area (Å²) in [6.07, 6.45) is 2.70. The van der Waals surface area contributed by atoms with E-state index in [0.717, 1.165) is 32.4 Å². The molecule has 8 heteroatoms. The van der Waals surface area contributed by atoms with E-state index in [1.54, 1.807) is 11.4 Å². The molecule has 0 radical (unpaired) electrons. The highest BCUT2D eigenvalue weighted by molar-refractivity contribution is 7.89. The van der Waals surface area contributed by atoms with E-state index in [2.05, 4.69) is 5.32 Å². The summed E-state index contributed by atoms with van der Waals surface area (Å²) in [6.45, 7) is 2.52. The van der Waals surface area contributed by atoms with Gasteiger partial charge >= 0.3 is 6.03 Å². The van der Waals surface area contributed by atoms with Gasteiger partial charge in [-0.2, -0.15) is 9.57 Å². The first-order chi connectivity index (χ1) is 12.5. The molecule has 0 spiro atoms. The number of sulfonamides is 1. The highest BCUT2D eigenvalue weighted by atomic mass is 32.2. The van der Waals surface area contributed by atoms with Crippen molar-refractivity contribution in [1.29, 1.82) is 5.26 Å². The highest BCUT2D eigenvalue weighted by Crippen LogP contribution is 2.34. The Balaban J connectivity index is 1.61. The maximum Gasteiger partial charge on any atom is 0.317 e. The minimum Gasteiger partial charge on any atom is -0.341 e. The first-order valence-corrected chi connectivity index (χ1v) is 10.4. The van der Waals surface area contributed by atoms with Gasteiger partial charge < -0.3 is 10.2 Å². The van der Waals surface area contributed by atoms with Crippen LogP contribution < -0.4 is 5.32 Å². The van der Waals surface area contributed by atoms with Gasteiger partial charge in [-0.25, -0.2) is 13.2 Å². The van der Waals surface area contributed by atoms with Crippen LogP contribution in [0.4, 0.5) is 4.79 Å². The summed E-state index contributed by atoms with van der Waals surface area (Å²) in [4.78, 5) is 13.7. The van der Waals surface area contributed by atoms with E-state index < -0.39 is 10.0 Å². The molecule has 0 aromatic heterocycles. The minimum absolute atomic E-state index is 0.0418. The number of nitriles is 1. The molecule has 140 valence electrons. The number of hydrogen-bond acceptors (Lipinski definition) is 4. The van der Waals surface area contributed by atoms with Gasteiger partial charge in [-0.05, 0) is 55.4 Å². The van der Waals surface area contributed by atoms with Crippen LogP contribution in [0.2, 0.25) is 0 Å². The molecular formula is C18H24N4O3S. The lowest BCUT2D eigenvalue weighted by Gasteiger charge is -2.34. The fourth-order valence-corrected chi connectivity index (χ4v) is 5.45. The number of hydrogen-bond donors (Lipinski definition) is 1. The van der Waals surface area contributed by atoms with Crippen LogP contribution in [0.5, 0.6) is 0 Å². The lowest BCUT2D eigenvalue weighted by Crippen LogP contribution is -2.44. The Morgan fingerprint density at radius 2 is 1.73 bits per heavy atom. The molecule has 2 aliphatic rings. The van der Waals surface area contributed by atoms with E-state index in [9.17, 15) is 13.2 Å². The lowest BCUT2D eigenvalue weighted by molar-refractivity contribution is 0.153. The van der Waals surface area contributed by atoms with Gasteiger partial charge in [0.15, 0.2) is 0 Å². The molecular weight excluding hydrogens is 352 g/mol. The zero-order chi connectivity index (χ0) is 18.7. The third-order valence-electron chi connectivity index (χ3n) is 5.52. The number of piperidine rings is 1. The second kappa shape index (κ2) is 7.64. The largest absolute Gasteiger partial charge is 0.341 e. The quantitative estimate of drug-likeness (QED) is 0.867. The fraction of sp³-hybridized carbons (Fsp3) is 0.556. The fourth-order valence-electron chi connectivity index (χ4n) is 3.94. The molecule has 2 amide bonds.